The number of carbonyl (C=O) groups excluding carboxylic acids is 1. The minimum Gasteiger partial charge on any atom is -0.349 e. The number of aryl methyl sites for hydroxylation is 1. The zero-order valence-corrected chi connectivity index (χ0v) is 14.1. The Bertz CT molecular complexity index is 684. The van der Waals surface area contributed by atoms with Gasteiger partial charge >= 0.3 is 0 Å². The monoisotopic (exact) mass is 332 g/mol. The number of carbonyl (C=O) groups is 1. The Kier molecular flexibility index (Phi) is 5.66. The van der Waals surface area contributed by atoms with E-state index in [0.29, 0.717) is 16.9 Å². The van der Waals surface area contributed by atoms with E-state index < -0.39 is 26.7 Å². The second kappa shape index (κ2) is 6.67. The van der Waals surface area contributed by atoms with E-state index in [9.17, 15) is 17.4 Å². The third-order valence-corrected chi connectivity index (χ3v) is 4.94. The first kappa shape index (κ1) is 17.8. The fourth-order valence-electron chi connectivity index (χ4n) is 1.92. The highest BCUT2D eigenvalue weighted by atomic mass is 32.2. The average Bonchev–Trinajstić information content (AvgIpc) is 2.29. The summed E-state index contributed by atoms with van der Waals surface area (Å²) in [4.78, 5) is 12.1. The molecule has 1 aromatic carbocycles. The van der Waals surface area contributed by atoms with Crippen molar-refractivity contribution in [1.29, 1.82) is 0 Å². The summed E-state index contributed by atoms with van der Waals surface area (Å²) < 4.78 is 34.0. The Hall–Kier alpha value is -1.25. The quantitative estimate of drug-likeness (QED) is 0.816. The van der Waals surface area contributed by atoms with Gasteiger partial charge in [-0.05, 0) is 44.0 Å². The van der Waals surface area contributed by atoms with Gasteiger partial charge in [-0.25, -0.2) is 13.6 Å². The summed E-state index contributed by atoms with van der Waals surface area (Å²) in [5, 5.41) is 7.82. The lowest BCUT2D eigenvalue weighted by molar-refractivity contribution is 0.0942. The minimum absolute atomic E-state index is 0.0949. The Morgan fingerprint density at radius 2 is 1.95 bits per heavy atom. The van der Waals surface area contributed by atoms with Crippen molar-refractivity contribution in [2.75, 3.05) is 12.0 Å². The molecule has 0 aliphatic rings. The third kappa shape index (κ3) is 4.90. The van der Waals surface area contributed by atoms with E-state index in [1.54, 1.807) is 27.0 Å². The van der Waals surface area contributed by atoms with Crippen LogP contribution in [-0.2, 0) is 20.8 Å². The number of sulfonamides is 1. The topological polar surface area (TPSA) is 106 Å². The van der Waals surface area contributed by atoms with Gasteiger partial charge in [0.2, 0.25) is 10.0 Å². The van der Waals surface area contributed by atoms with E-state index in [-0.39, 0.29) is 16.5 Å². The summed E-state index contributed by atoms with van der Waals surface area (Å²) in [7, 11) is -4.90. The average molecular weight is 332 g/mol. The maximum Gasteiger partial charge on any atom is 0.251 e. The van der Waals surface area contributed by atoms with Gasteiger partial charge in [0.25, 0.3) is 5.91 Å². The number of nitrogens with one attached hydrogen (secondary N) is 1. The molecule has 0 spiro atoms. The van der Waals surface area contributed by atoms with Crippen LogP contribution >= 0.6 is 0 Å². The minimum atomic E-state index is -3.87. The van der Waals surface area contributed by atoms with Crippen molar-refractivity contribution in [3.63, 3.8) is 0 Å². The number of hydrogen-bond acceptors (Lipinski definition) is 4. The second-order valence-electron chi connectivity index (χ2n) is 5.07. The lowest BCUT2D eigenvalue weighted by Gasteiger charge is -2.15. The fourth-order valence-corrected chi connectivity index (χ4v) is 3.33. The normalized spacial score (nSPS) is 14.5. The van der Waals surface area contributed by atoms with Crippen molar-refractivity contribution in [1.82, 2.24) is 5.32 Å². The van der Waals surface area contributed by atoms with Crippen LogP contribution in [0.3, 0.4) is 0 Å². The summed E-state index contributed by atoms with van der Waals surface area (Å²) in [6.07, 6.45) is 1.56. The zero-order chi connectivity index (χ0) is 16.4. The molecule has 0 aliphatic heterocycles. The molecule has 0 saturated carbocycles. The number of nitrogens with two attached hydrogens (primary N) is 1. The predicted molar refractivity (Wildman–Crippen MR) is 83.2 cm³/mol. The molecule has 8 heteroatoms. The second-order valence-corrected chi connectivity index (χ2v) is 8.11. The van der Waals surface area contributed by atoms with E-state index in [4.69, 9.17) is 5.14 Å². The van der Waals surface area contributed by atoms with E-state index in [1.807, 2.05) is 0 Å². The molecule has 6 nitrogen and oxygen atoms in total. The smallest absolute Gasteiger partial charge is 0.251 e. The molecule has 2 atom stereocenters. The van der Waals surface area contributed by atoms with Crippen LogP contribution in [0.2, 0.25) is 0 Å². The molecule has 0 radical (unpaired) electrons. The fraction of sp³-hybridized carbons (Fsp3) is 0.462. The first-order valence-electron chi connectivity index (χ1n) is 6.27. The van der Waals surface area contributed by atoms with Crippen molar-refractivity contribution in [2.24, 2.45) is 5.14 Å². The van der Waals surface area contributed by atoms with Crippen LogP contribution in [0.1, 0.15) is 28.4 Å². The molecule has 0 aromatic heterocycles. The number of rotatable bonds is 5. The molecular weight excluding hydrogens is 312 g/mol. The summed E-state index contributed by atoms with van der Waals surface area (Å²) >= 11 is 0. The van der Waals surface area contributed by atoms with Crippen LogP contribution in [0.15, 0.2) is 17.0 Å². The SMILES string of the molecule is Cc1cc(S(N)(=O)=O)cc(C(=O)NC(C)CS(C)=O)c1C. The lowest BCUT2D eigenvalue weighted by Crippen LogP contribution is -2.36. The van der Waals surface area contributed by atoms with Gasteiger partial charge in [0.05, 0.1) is 4.90 Å². The van der Waals surface area contributed by atoms with Gasteiger partial charge in [0.1, 0.15) is 0 Å². The molecule has 1 rings (SSSR count). The highest BCUT2D eigenvalue weighted by Crippen LogP contribution is 2.19. The van der Waals surface area contributed by atoms with Crippen molar-refractivity contribution >= 4 is 26.7 Å². The number of amides is 1. The van der Waals surface area contributed by atoms with Crippen molar-refractivity contribution < 1.29 is 17.4 Å². The zero-order valence-electron chi connectivity index (χ0n) is 12.5. The van der Waals surface area contributed by atoms with Crippen LogP contribution in [0.25, 0.3) is 0 Å². The lowest BCUT2D eigenvalue weighted by atomic mass is 10.0. The predicted octanol–water partition coefficient (Wildman–Crippen LogP) is 0.448. The van der Waals surface area contributed by atoms with Crippen molar-refractivity contribution in [2.45, 2.75) is 31.7 Å². The highest BCUT2D eigenvalue weighted by Gasteiger charge is 2.18. The van der Waals surface area contributed by atoms with Gasteiger partial charge in [-0.1, -0.05) is 0 Å². The maximum absolute atomic E-state index is 12.2. The Labute approximate surface area is 127 Å². The summed E-state index contributed by atoms with van der Waals surface area (Å²) in [5.41, 5.74) is 1.61. The Morgan fingerprint density at radius 1 is 1.38 bits per heavy atom. The highest BCUT2D eigenvalue weighted by molar-refractivity contribution is 7.89. The molecule has 118 valence electrons. The van der Waals surface area contributed by atoms with E-state index in [0.717, 1.165) is 0 Å². The molecule has 1 aromatic rings. The van der Waals surface area contributed by atoms with Crippen molar-refractivity contribution in [3.05, 3.63) is 28.8 Å². The van der Waals surface area contributed by atoms with Gasteiger partial charge in [-0.3, -0.25) is 9.00 Å². The Morgan fingerprint density at radius 3 is 2.43 bits per heavy atom. The number of benzene rings is 1. The number of primary sulfonamides is 1. The third-order valence-electron chi connectivity index (χ3n) is 3.08. The van der Waals surface area contributed by atoms with Crippen LogP contribution in [0, 0.1) is 13.8 Å². The molecule has 0 fully saturated rings. The molecular formula is C13H20N2O4S2. The van der Waals surface area contributed by atoms with Gasteiger partial charge in [-0.2, -0.15) is 0 Å². The van der Waals surface area contributed by atoms with Gasteiger partial charge < -0.3 is 5.32 Å². The van der Waals surface area contributed by atoms with Crippen LogP contribution in [0.4, 0.5) is 0 Å². The van der Waals surface area contributed by atoms with E-state index >= 15 is 0 Å². The molecule has 3 N–H and O–H groups in total. The molecule has 2 unspecified atom stereocenters. The molecule has 1 amide bonds. The van der Waals surface area contributed by atoms with Crippen molar-refractivity contribution in [3.8, 4) is 0 Å². The molecule has 0 aliphatic carbocycles. The number of hydrogen-bond donors (Lipinski definition) is 2. The molecule has 0 heterocycles. The molecule has 0 bridgehead atoms. The summed E-state index contributed by atoms with van der Waals surface area (Å²) in [6, 6.07) is 2.43. The van der Waals surface area contributed by atoms with Gasteiger partial charge in [0, 0.05) is 34.4 Å². The summed E-state index contributed by atoms with van der Waals surface area (Å²) in [5.74, 6) is -0.0717. The molecule has 21 heavy (non-hydrogen) atoms. The van der Waals surface area contributed by atoms with E-state index in [2.05, 4.69) is 5.32 Å². The summed E-state index contributed by atoms with van der Waals surface area (Å²) in [6.45, 7) is 5.19. The Balaban J connectivity index is 3.15. The van der Waals surface area contributed by atoms with Crippen LogP contribution in [0.5, 0.6) is 0 Å². The first-order valence-corrected chi connectivity index (χ1v) is 9.54. The first-order chi connectivity index (χ1) is 9.52. The standard InChI is InChI=1S/C13H20N2O4S2/c1-8-5-11(21(14,18)19)6-12(10(8)3)13(16)15-9(2)7-20(4)17/h5-6,9H,7H2,1-4H3,(H,15,16)(H2,14,18,19). The largest absolute Gasteiger partial charge is 0.349 e. The van der Waals surface area contributed by atoms with Crippen LogP contribution in [-0.4, -0.2) is 36.6 Å². The van der Waals surface area contributed by atoms with Gasteiger partial charge in [-0.15, -0.1) is 0 Å². The van der Waals surface area contributed by atoms with Gasteiger partial charge in [0.15, 0.2) is 0 Å². The maximum atomic E-state index is 12.2. The van der Waals surface area contributed by atoms with E-state index in [1.165, 1.54) is 12.1 Å². The molecule has 0 saturated heterocycles. The van der Waals surface area contributed by atoms with Crippen LogP contribution < -0.4 is 10.5 Å².